The molecule has 11 heteroatoms. The highest BCUT2D eigenvalue weighted by molar-refractivity contribution is 7.99. The second-order valence-electron chi connectivity index (χ2n) is 9.66. The lowest BCUT2D eigenvalue weighted by atomic mass is 10.0. The van der Waals surface area contributed by atoms with Crippen molar-refractivity contribution in [2.45, 2.75) is 64.5 Å². The third kappa shape index (κ3) is 10.2. The smallest absolute Gasteiger partial charge is 0.406 e. The van der Waals surface area contributed by atoms with Crippen LogP contribution in [0, 0.1) is 12.8 Å². The van der Waals surface area contributed by atoms with Gasteiger partial charge in [0.25, 0.3) is 0 Å². The highest BCUT2D eigenvalue weighted by Crippen LogP contribution is 2.28. The first kappa shape index (κ1) is 32.2. The van der Waals surface area contributed by atoms with Gasteiger partial charge in [-0.05, 0) is 62.5 Å². The average molecular weight is 590 g/mol. The molecule has 41 heavy (non-hydrogen) atoms. The number of benzene rings is 2. The monoisotopic (exact) mass is 589 g/mol. The second kappa shape index (κ2) is 16.2. The van der Waals surface area contributed by atoms with Crippen LogP contribution in [0.2, 0.25) is 0 Å². The Morgan fingerprint density at radius 2 is 1.78 bits per heavy atom. The summed E-state index contributed by atoms with van der Waals surface area (Å²) in [5.41, 5.74) is 3.34. The van der Waals surface area contributed by atoms with Crippen LogP contribution >= 0.6 is 11.8 Å². The molecule has 0 atom stereocenters. The van der Waals surface area contributed by atoms with Gasteiger partial charge in [0.05, 0.1) is 23.3 Å². The summed E-state index contributed by atoms with van der Waals surface area (Å²) in [7, 11) is 0. The summed E-state index contributed by atoms with van der Waals surface area (Å²) < 4.78 is 40.8. The number of ether oxygens (including phenoxy) is 1. The number of alkyl halides is 3. The molecule has 2 aromatic heterocycles. The Morgan fingerprint density at radius 3 is 2.44 bits per heavy atom. The van der Waals surface area contributed by atoms with Crippen molar-refractivity contribution in [2.75, 3.05) is 18.8 Å². The Kier molecular flexibility index (Phi) is 12.7. The number of piperidine rings is 1. The second-order valence-corrected chi connectivity index (χ2v) is 10.6. The van der Waals surface area contributed by atoms with Crippen LogP contribution in [0.25, 0.3) is 16.4 Å². The summed E-state index contributed by atoms with van der Waals surface area (Å²) in [4.78, 5) is 15.4. The molecule has 0 aliphatic carbocycles. The number of aryl methyl sites for hydroxylation is 1. The minimum Gasteiger partial charge on any atom is -0.406 e. The number of amides is 1. The fourth-order valence-electron chi connectivity index (χ4n) is 4.07. The molecule has 4 aromatic rings. The summed E-state index contributed by atoms with van der Waals surface area (Å²) in [6, 6.07) is 16.2. The van der Waals surface area contributed by atoms with Crippen molar-refractivity contribution in [1.29, 1.82) is 0 Å². The van der Waals surface area contributed by atoms with Gasteiger partial charge in [0, 0.05) is 11.1 Å². The lowest BCUT2D eigenvalue weighted by Gasteiger charge is -2.21. The quantitative estimate of drug-likeness (QED) is 0.132. The number of carbonyl (C=O) groups excluding carboxylic acids is 1. The molecule has 2 N–H and O–H groups in total. The molecule has 222 valence electrons. The Balaban J connectivity index is 0.000000241. The fraction of sp³-hybridized carbons (Fsp3) is 0.433. The third-order valence-corrected chi connectivity index (χ3v) is 7.59. The van der Waals surface area contributed by atoms with Crippen molar-refractivity contribution in [1.82, 2.24) is 25.2 Å². The molecule has 1 aliphatic rings. The number of nitrogens with one attached hydrogen (secondary N) is 2. The zero-order valence-corrected chi connectivity index (χ0v) is 24.5. The highest BCUT2D eigenvalue weighted by Gasteiger charge is 2.31. The standard InChI is InChI=1S/C18H21N5OS.C8H7F3O.C4H10/c24-12-20-10-14-9-17-15-3-1-2-4-16(15)21-18(23(17)22-14)25-11-13-5-7-19-8-6-13;1-6-4-2-3-5-7(6)12-8(9,10)11;1-3-4-2/h1-4,9,12-13,19H,5-8,10-11H2,(H,20,24);2-5H,1H3;3-4H2,1-2H3. The number of aromatic nitrogens is 3. The molecule has 7 nitrogen and oxygen atoms in total. The molecule has 0 unspecified atom stereocenters. The SMILES string of the molecule is CCCC.Cc1ccccc1OC(F)(F)F.O=CNCc1cc2c3ccccc3nc(SCC3CCNCC3)n2n1. The van der Waals surface area contributed by atoms with Crippen LogP contribution in [0.4, 0.5) is 13.2 Å². The van der Waals surface area contributed by atoms with Crippen LogP contribution in [0.5, 0.6) is 5.75 Å². The van der Waals surface area contributed by atoms with Crippen LogP contribution in [0.3, 0.4) is 0 Å². The van der Waals surface area contributed by atoms with E-state index in [9.17, 15) is 18.0 Å². The Morgan fingerprint density at radius 1 is 1.10 bits per heavy atom. The van der Waals surface area contributed by atoms with E-state index in [1.165, 1.54) is 37.8 Å². The molecule has 0 saturated carbocycles. The zero-order valence-electron chi connectivity index (χ0n) is 23.7. The van der Waals surface area contributed by atoms with Crippen molar-refractivity contribution < 1.29 is 22.7 Å². The van der Waals surface area contributed by atoms with Crippen LogP contribution in [0.15, 0.2) is 59.8 Å². The maximum absolute atomic E-state index is 11.7. The Hall–Kier alpha value is -3.31. The van der Waals surface area contributed by atoms with E-state index in [-0.39, 0.29) is 5.75 Å². The Bertz CT molecular complexity index is 1370. The molecule has 1 saturated heterocycles. The summed E-state index contributed by atoms with van der Waals surface area (Å²) in [5.74, 6) is 1.63. The molecule has 0 spiro atoms. The fourth-order valence-corrected chi connectivity index (χ4v) is 5.21. The molecule has 0 bridgehead atoms. The summed E-state index contributed by atoms with van der Waals surface area (Å²) in [6.07, 6.45) is 1.17. The van der Waals surface area contributed by atoms with Gasteiger partial charge in [0.2, 0.25) is 6.41 Å². The van der Waals surface area contributed by atoms with Gasteiger partial charge in [-0.15, -0.1) is 13.2 Å². The number of para-hydroxylation sites is 2. The van der Waals surface area contributed by atoms with Gasteiger partial charge in [-0.3, -0.25) is 4.79 Å². The van der Waals surface area contributed by atoms with E-state index in [1.54, 1.807) is 30.8 Å². The number of thioether (sulfide) groups is 1. The average Bonchev–Trinajstić information content (AvgIpc) is 3.41. The van der Waals surface area contributed by atoms with Crippen molar-refractivity contribution in [3.63, 3.8) is 0 Å². The van der Waals surface area contributed by atoms with Gasteiger partial charge >= 0.3 is 6.36 Å². The number of carbonyl (C=O) groups is 1. The number of nitrogens with zero attached hydrogens (tertiary/aromatic N) is 3. The molecule has 2 aromatic carbocycles. The summed E-state index contributed by atoms with van der Waals surface area (Å²) >= 11 is 1.78. The summed E-state index contributed by atoms with van der Waals surface area (Å²) in [6.45, 7) is 8.56. The normalized spacial score (nSPS) is 13.6. The van der Waals surface area contributed by atoms with E-state index in [0.29, 0.717) is 18.5 Å². The van der Waals surface area contributed by atoms with Gasteiger partial charge in [-0.2, -0.15) is 5.10 Å². The summed E-state index contributed by atoms with van der Waals surface area (Å²) in [5, 5.41) is 12.8. The van der Waals surface area contributed by atoms with Gasteiger partial charge in [0.15, 0.2) is 5.16 Å². The lowest BCUT2D eigenvalue weighted by Crippen LogP contribution is -2.28. The van der Waals surface area contributed by atoms with Crippen molar-refractivity contribution in [2.24, 2.45) is 5.92 Å². The predicted octanol–water partition coefficient (Wildman–Crippen LogP) is 6.92. The molecule has 3 heterocycles. The van der Waals surface area contributed by atoms with E-state index in [1.807, 2.05) is 28.8 Å². The minimum atomic E-state index is -4.61. The van der Waals surface area contributed by atoms with E-state index in [0.717, 1.165) is 52.0 Å². The van der Waals surface area contributed by atoms with Gasteiger partial charge in [-0.1, -0.05) is 74.8 Å². The molecule has 5 rings (SSSR count). The first-order valence-electron chi connectivity index (χ1n) is 13.8. The van der Waals surface area contributed by atoms with Crippen LogP contribution in [0.1, 0.15) is 50.8 Å². The van der Waals surface area contributed by atoms with Crippen LogP contribution in [-0.4, -0.2) is 46.2 Å². The number of unbranched alkanes of at least 4 members (excludes halogenated alkanes) is 1. The number of hydrogen-bond donors (Lipinski definition) is 2. The van der Waals surface area contributed by atoms with E-state index in [2.05, 4.69) is 40.4 Å². The zero-order chi connectivity index (χ0) is 29.7. The van der Waals surface area contributed by atoms with Crippen LogP contribution in [-0.2, 0) is 11.3 Å². The third-order valence-electron chi connectivity index (χ3n) is 6.43. The molecule has 1 fully saturated rings. The van der Waals surface area contributed by atoms with Gasteiger partial charge < -0.3 is 15.4 Å². The number of hydrogen-bond acceptors (Lipinski definition) is 6. The highest BCUT2D eigenvalue weighted by atomic mass is 32.2. The minimum absolute atomic E-state index is 0.148. The first-order valence-corrected chi connectivity index (χ1v) is 14.8. The van der Waals surface area contributed by atoms with E-state index >= 15 is 0 Å². The number of rotatable bonds is 8. The van der Waals surface area contributed by atoms with E-state index in [4.69, 9.17) is 4.98 Å². The van der Waals surface area contributed by atoms with E-state index < -0.39 is 6.36 Å². The maximum Gasteiger partial charge on any atom is 0.573 e. The number of halogens is 3. The Labute approximate surface area is 243 Å². The predicted molar refractivity (Wildman–Crippen MR) is 158 cm³/mol. The molecular weight excluding hydrogens is 551 g/mol. The first-order chi connectivity index (χ1) is 19.8. The topological polar surface area (TPSA) is 80.5 Å². The van der Waals surface area contributed by atoms with Crippen LogP contribution < -0.4 is 15.4 Å². The maximum atomic E-state index is 11.7. The molecule has 0 radical (unpaired) electrons. The largest absolute Gasteiger partial charge is 0.573 e. The number of fused-ring (bicyclic) bond motifs is 3. The molecular formula is C30H38F3N5O2S. The van der Waals surface area contributed by atoms with Crippen molar-refractivity contribution in [3.05, 3.63) is 65.9 Å². The lowest BCUT2D eigenvalue weighted by molar-refractivity contribution is -0.274. The van der Waals surface area contributed by atoms with Crippen molar-refractivity contribution in [3.8, 4) is 5.75 Å². The van der Waals surface area contributed by atoms with Gasteiger partial charge in [-0.25, -0.2) is 9.50 Å². The molecule has 1 amide bonds. The van der Waals surface area contributed by atoms with Crippen molar-refractivity contribution >= 4 is 34.6 Å². The molecule has 1 aliphatic heterocycles. The van der Waals surface area contributed by atoms with Gasteiger partial charge in [0.1, 0.15) is 5.75 Å².